The minimum absolute atomic E-state index is 0.0306. The molecule has 1 amide bonds. The first-order chi connectivity index (χ1) is 9.97. The predicted octanol–water partition coefficient (Wildman–Crippen LogP) is 3.46. The lowest BCUT2D eigenvalue weighted by Crippen LogP contribution is -2.97. The van der Waals surface area contributed by atoms with Crippen molar-refractivity contribution in [2.75, 3.05) is 5.32 Å². The zero-order valence-electron chi connectivity index (χ0n) is 12.5. The van der Waals surface area contributed by atoms with Gasteiger partial charge in [0.05, 0.1) is 16.8 Å². The van der Waals surface area contributed by atoms with Gasteiger partial charge < -0.3 is 10.6 Å². The summed E-state index contributed by atoms with van der Waals surface area (Å²) in [6.07, 6.45) is 5.02. The predicted molar refractivity (Wildman–Crippen MR) is 87.9 cm³/mol. The van der Waals surface area contributed by atoms with Crippen LogP contribution in [0.3, 0.4) is 0 Å². The van der Waals surface area contributed by atoms with Crippen molar-refractivity contribution >= 4 is 34.8 Å². The zero-order chi connectivity index (χ0) is 15.4. The molecule has 0 saturated heterocycles. The lowest BCUT2D eigenvalue weighted by atomic mass is 9.85. The van der Waals surface area contributed by atoms with Crippen molar-refractivity contribution in [1.82, 2.24) is 0 Å². The Morgan fingerprint density at radius 2 is 2.05 bits per heavy atom. The quantitative estimate of drug-likeness (QED) is 0.872. The highest BCUT2D eigenvalue weighted by atomic mass is 35.5. The summed E-state index contributed by atoms with van der Waals surface area (Å²) in [6, 6.07) is 5.48. The van der Waals surface area contributed by atoms with Crippen molar-refractivity contribution in [3.05, 3.63) is 28.2 Å². The van der Waals surface area contributed by atoms with Crippen molar-refractivity contribution in [2.45, 2.75) is 51.6 Å². The molecule has 0 heterocycles. The molecule has 0 aromatic heterocycles. The number of hydrogen-bond acceptors (Lipinski definition) is 1. The molecule has 2 rings (SSSR count). The van der Waals surface area contributed by atoms with Crippen LogP contribution in [0.25, 0.3) is 0 Å². The SMILES string of the molecule is C[C@H]([NH2+][C@H]1CCCC[C@H]1C)C(=O)Nc1cc(Cl)ccc1Cl. The normalized spacial score (nSPS) is 23.6. The average Bonchev–Trinajstić information content (AvgIpc) is 2.45. The molecule has 0 bridgehead atoms. The van der Waals surface area contributed by atoms with Crippen LogP contribution in [0.2, 0.25) is 10.0 Å². The molecule has 3 atom stereocenters. The highest BCUT2D eigenvalue weighted by molar-refractivity contribution is 6.35. The first-order valence-electron chi connectivity index (χ1n) is 7.58. The first-order valence-corrected chi connectivity index (χ1v) is 8.34. The van der Waals surface area contributed by atoms with Crippen LogP contribution in [0.4, 0.5) is 5.69 Å². The summed E-state index contributed by atoms with van der Waals surface area (Å²) in [5.41, 5.74) is 0.575. The van der Waals surface area contributed by atoms with Gasteiger partial charge in [-0.05, 0) is 44.4 Å². The number of halogens is 2. The van der Waals surface area contributed by atoms with Crippen molar-refractivity contribution in [3.63, 3.8) is 0 Å². The fraction of sp³-hybridized carbons (Fsp3) is 0.562. The maximum absolute atomic E-state index is 12.3. The number of carbonyl (C=O) groups is 1. The summed E-state index contributed by atoms with van der Waals surface area (Å²) in [5.74, 6) is 0.640. The number of carbonyl (C=O) groups excluding carboxylic acids is 1. The van der Waals surface area contributed by atoms with Gasteiger partial charge in [0.2, 0.25) is 0 Å². The van der Waals surface area contributed by atoms with Gasteiger partial charge in [0.15, 0.2) is 6.04 Å². The van der Waals surface area contributed by atoms with Crippen LogP contribution >= 0.6 is 23.2 Å². The van der Waals surface area contributed by atoms with Crippen LogP contribution in [0.5, 0.6) is 0 Å². The van der Waals surface area contributed by atoms with E-state index in [4.69, 9.17) is 23.2 Å². The summed E-state index contributed by atoms with van der Waals surface area (Å²) in [7, 11) is 0. The highest BCUT2D eigenvalue weighted by Gasteiger charge is 2.28. The van der Waals surface area contributed by atoms with E-state index in [9.17, 15) is 4.79 Å². The maximum Gasteiger partial charge on any atom is 0.282 e. The third-order valence-corrected chi connectivity index (χ3v) is 4.88. The minimum atomic E-state index is -0.134. The van der Waals surface area contributed by atoms with E-state index >= 15 is 0 Å². The molecular weight excluding hydrogens is 307 g/mol. The standard InChI is InChI=1S/C16H22Cl2N2O/c1-10-5-3-4-6-14(10)19-11(2)16(21)20-15-9-12(17)7-8-13(15)18/h7-11,14,19H,3-6H2,1-2H3,(H,20,21)/p+1/t10-,11+,14+/m1/s1. The number of rotatable bonds is 4. The second-order valence-electron chi connectivity index (χ2n) is 6.02. The van der Waals surface area contributed by atoms with Gasteiger partial charge in [0.25, 0.3) is 5.91 Å². The van der Waals surface area contributed by atoms with E-state index in [1.165, 1.54) is 25.7 Å². The molecule has 3 nitrogen and oxygen atoms in total. The van der Waals surface area contributed by atoms with Crippen LogP contribution < -0.4 is 10.6 Å². The summed E-state index contributed by atoms with van der Waals surface area (Å²) in [5, 5.41) is 6.13. The Labute approximate surface area is 136 Å². The van der Waals surface area contributed by atoms with Gasteiger partial charge in [-0.3, -0.25) is 4.79 Å². The van der Waals surface area contributed by atoms with E-state index in [0.717, 1.165) is 0 Å². The fourth-order valence-corrected chi connectivity index (χ4v) is 3.27. The van der Waals surface area contributed by atoms with Crippen molar-refractivity contribution < 1.29 is 10.1 Å². The summed E-state index contributed by atoms with van der Waals surface area (Å²) in [4.78, 5) is 12.3. The Kier molecular flexibility index (Phi) is 5.91. The Bertz CT molecular complexity index is 507. The first kappa shape index (κ1) is 16.6. The molecule has 21 heavy (non-hydrogen) atoms. The second kappa shape index (κ2) is 7.48. The Balaban J connectivity index is 1.94. The number of nitrogens with two attached hydrogens (primary N) is 1. The number of nitrogens with one attached hydrogen (secondary N) is 1. The summed E-state index contributed by atoms with van der Waals surface area (Å²) < 4.78 is 0. The van der Waals surface area contributed by atoms with E-state index in [2.05, 4.69) is 17.6 Å². The maximum atomic E-state index is 12.3. The Morgan fingerprint density at radius 1 is 1.33 bits per heavy atom. The molecule has 1 aromatic carbocycles. The van der Waals surface area contributed by atoms with E-state index in [0.29, 0.717) is 27.7 Å². The van der Waals surface area contributed by atoms with E-state index < -0.39 is 0 Å². The number of hydrogen-bond donors (Lipinski definition) is 2. The van der Waals surface area contributed by atoms with Gasteiger partial charge in [-0.2, -0.15) is 0 Å². The van der Waals surface area contributed by atoms with Crippen LogP contribution in [0.15, 0.2) is 18.2 Å². The second-order valence-corrected chi connectivity index (χ2v) is 6.86. The molecule has 1 saturated carbocycles. The molecule has 3 N–H and O–H groups in total. The van der Waals surface area contributed by atoms with Gasteiger partial charge in [-0.1, -0.05) is 36.5 Å². The van der Waals surface area contributed by atoms with E-state index in [-0.39, 0.29) is 11.9 Å². The molecule has 1 aliphatic carbocycles. The number of quaternary nitrogens is 1. The number of anilines is 1. The summed E-state index contributed by atoms with van der Waals surface area (Å²) in [6.45, 7) is 4.22. The van der Waals surface area contributed by atoms with Gasteiger partial charge >= 0.3 is 0 Å². The highest BCUT2D eigenvalue weighted by Crippen LogP contribution is 2.25. The molecule has 0 spiro atoms. The molecule has 0 unspecified atom stereocenters. The molecule has 1 fully saturated rings. The molecule has 0 aliphatic heterocycles. The lowest BCUT2D eigenvalue weighted by Gasteiger charge is -2.28. The Hall–Kier alpha value is -0.770. The van der Waals surface area contributed by atoms with Gasteiger partial charge in [0, 0.05) is 10.9 Å². The third-order valence-electron chi connectivity index (χ3n) is 4.31. The largest absolute Gasteiger partial charge is 0.334 e. The smallest absolute Gasteiger partial charge is 0.282 e. The van der Waals surface area contributed by atoms with Gasteiger partial charge in [0.1, 0.15) is 0 Å². The monoisotopic (exact) mass is 329 g/mol. The molecule has 0 radical (unpaired) electrons. The zero-order valence-corrected chi connectivity index (χ0v) is 14.0. The number of amides is 1. The average molecular weight is 330 g/mol. The van der Waals surface area contributed by atoms with Crippen LogP contribution in [-0.2, 0) is 4.79 Å². The molecule has 5 heteroatoms. The van der Waals surface area contributed by atoms with Crippen molar-refractivity contribution in [1.29, 1.82) is 0 Å². The van der Waals surface area contributed by atoms with Gasteiger partial charge in [-0.15, -0.1) is 0 Å². The van der Waals surface area contributed by atoms with Crippen molar-refractivity contribution in [3.8, 4) is 0 Å². The number of benzene rings is 1. The lowest BCUT2D eigenvalue weighted by molar-refractivity contribution is -0.714. The molecule has 116 valence electrons. The van der Waals surface area contributed by atoms with Crippen LogP contribution in [-0.4, -0.2) is 18.0 Å². The van der Waals surface area contributed by atoms with Crippen molar-refractivity contribution in [2.24, 2.45) is 5.92 Å². The topological polar surface area (TPSA) is 45.7 Å². The third kappa shape index (κ3) is 4.60. The van der Waals surface area contributed by atoms with Gasteiger partial charge in [-0.25, -0.2) is 0 Å². The van der Waals surface area contributed by atoms with Crippen LogP contribution in [0, 0.1) is 5.92 Å². The van der Waals surface area contributed by atoms with Crippen LogP contribution in [0.1, 0.15) is 39.5 Å². The minimum Gasteiger partial charge on any atom is -0.334 e. The fourth-order valence-electron chi connectivity index (χ4n) is 2.93. The van der Waals surface area contributed by atoms with E-state index in [1.54, 1.807) is 18.2 Å². The summed E-state index contributed by atoms with van der Waals surface area (Å²) >= 11 is 12.0. The molecular formula is C16H23Cl2N2O+. The molecule has 1 aliphatic rings. The molecule has 1 aromatic rings. The van der Waals surface area contributed by atoms with E-state index in [1.807, 2.05) is 6.92 Å². The Morgan fingerprint density at radius 3 is 2.76 bits per heavy atom.